The van der Waals surface area contributed by atoms with Gasteiger partial charge in [-0.05, 0) is 36.8 Å². The molecule has 0 spiro atoms. The molecular weight excluding hydrogens is 144 g/mol. The van der Waals surface area contributed by atoms with Crippen molar-refractivity contribution < 1.29 is 0 Å². The van der Waals surface area contributed by atoms with Crippen molar-refractivity contribution in [3.05, 3.63) is 49.6 Å². The Morgan fingerprint density at radius 2 is 1.17 bits per heavy atom. The van der Waals surface area contributed by atoms with Crippen LogP contribution in [0.15, 0.2) is 49.6 Å². The Bertz CT molecular complexity index is 164. The summed E-state index contributed by atoms with van der Waals surface area (Å²) in [6.45, 7) is 13.6. The highest BCUT2D eigenvalue weighted by Gasteiger charge is 2.05. The molecule has 1 rings (SSSR count). The highest BCUT2D eigenvalue weighted by atomic mass is 14.1. The molecule has 0 heteroatoms. The van der Waals surface area contributed by atoms with Gasteiger partial charge in [-0.25, -0.2) is 0 Å². The minimum Gasteiger partial charge on any atom is -0.106 e. The van der Waals surface area contributed by atoms with Gasteiger partial charge < -0.3 is 0 Å². The zero-order valence-electron chi connectivity index (χ0n) is 7.81. The van der Waals surface area contributed by atoms with Crippen LogP contribution in [-0.2, 0) is 0 Å². The first-order valence-electron chi connectivity index (χ1n) is 4.35. The van der Waals surface area contributed by atoms with E-state index < -0.39 is 0 Å². The standard InChI is InChI=1S/C10H14.C2H4/c1-3-9-7-5-6-8-10(9)4-2;1-2/h3-4H,1-2,5-8H2;1-2H2. The van der Waals surface area contributed by atoms with Crippen molar-refractivity contribution in [2.24, 2.45) is 0 Å². The van der Waals surface area contributed by atoms with Crippen LogP contribution < -0.4 is 0 Å². The lowest BCUT2D eigenvalue weighted by atomic mass is 9.92. The Hall–Kier alpha value is -1.04. The van der Waals surface area contributed by atoms with E-state index in [2.05, 4.69) is 26.3 Å². The molecule has 0 bridgehead atoms. The summed E-state index contributed by atoms with van der Waals surface area (Å²) < 4.78 is 0. The molecule has 0 atom stereocenters. The number of hydrogen-bond acceptors (Lipinski definition) is 0. The Labute approximate surface area is 76.0 Å². The van der Waals surface area contributed by atoms with Crippen molar-refractivity contribution in [1.82, 2.24) is 0 Å². The molecular formula is C12H18. The average Bonchev–Trinajstić information content (AvgIpc) is 2.20. The van der Waals surface area contributed by atoms with Gasteiger partial charge in [-0.2, -0.15) is 0 Å². The fourth-order valence-corrected chi connectivity index (χ4v) is 1.42. The van der Waals surface area contributed by atoms with Gasteiger partial charge in [0.05, 0.1) is 0 Å². The van der Waals surface area contributed by atoms with Gasteiger partial charge in [0.2, 0.25) is 0 Å². The van der Waals surface area contributed by atoms with Crippen LogP contribution in [0.2, 0.25) is 0 Å². The van der Waals surface area contributed by atoms with E-state index in [1.807, 2.05) is 12.2 Å². The van der Waals surface area contributed by atoms with Crippen molar-refractivity contribution in [3.8, 4) is 0 Å². The monoisotopic (exact) mass is 162 g/mol. The van der Waals surface area contributed by atoms with Crippen LogP contribution in [0.3, 0.4) is 0 Å². The van der Waals surface area contributed by atoms with Crippen LogP contribution in [0, 0.1) is 0 Å². The SMILES string of the molecule is C=C.C=CC1=C(C=C)CCCC1. The summed E-state index contributed by atoms with van der Waals surface area (Å²) in [5.74, 6) is 0. The predicted molar refractivity (Wildman–Crippen MR) is 57.1 cm³/mol. The van der Waals surface area contributed by atoms with Crippen molar-refractivity contribution in [2.75, 3.05) is 0 Å². The molecule has 12 heavy (non-hydrogen) atoms. The molecule has 0 aromatic carbocycles. The van der Waals surface area contributed by atoms with Crippen molar-refractivity contribution in [1.29, 1.82) is 0 Å². The Kier molecular flexibility index (Phi) is 6.08. The molecule has 0 amide bonds. The van der Waals surface area contributed by atoms with Crippen molar-refractivity contribution in [2.45, 2.75) is 25.7 Å². The molecule has 0 radical (unpaired) electrons. The first-order chi connectivity index (χ1) is 5.88. The second kappa shape index (κ2) is 6.66. The van der Waals surface area contributed by atoms with Crippen LogP contribution in [-0.4, -0.2) is 0 Å². The Balaban J connectivity index is 0.000000561. The third-order valence-electron chi connectivity index (χ3n) is 2.05. The highest BCUT2D eigenvalue weighted by molar-refractivity contribution is 5.32. The van der Waals surface area contributed by atoms with Gasteiger partial charge in [0, 0.05) is 0 Å². The van der Waals surface area contributed by atoms with Crippen LogP contribution in [0.4, 0.5) is 0 Å². The van der Waals surface area contributed by atoms with Crippen LogP contribution in [0.5, 0.6) is 0 Å². The van der Waals surface area contributed by atoms with Gasteiger partial charge in [-0.15, -0.1) is 13.2 Å². The average molecular weight is 162 g/mol. The van der Waals surface area contributed by atoms with Gasteiger partial charge in [0.15, 0.2) is 0 Å². The van der Waals surface area contributed by atoms with Gasteiger partial charge in [-0.1, -0.05) is 25.3 Å². The summed E-state index contributed by atoms with van der Waals surface area (Å²) in [5, 5.41) is 0. The molecule has 0 aromatic heterocycles. The largest absolute Gasteiger partial charge is 0.106 e. The van der Waals surface area contributed by atoms with Crippen molar-refractivity contribution >= 4 is 0 Å². The van der Waals surface area contributed by atoms with Crippen LogP contribution in [0.25, 0.3) is 0 Å². The Morgan fingerprint density at radius 1 is 0.833 bits per heavy atom. The lowest BCUT2D eigenvalue weighted by Gasteiger charge is -2.14. The fraction of sp³-hybridized carbons (Fsp3) is 0.333. The van der Waals surface area contributed by atoms with E-state index in [1.165, 1.54) is 36.8 Å². The number of rotatable bonds is 2. The third-order valence-corrected chi connectivity index (χ3v) is 2.05. The Morgan fingerprint density at radius 3 is 1.42 bits per heavy atom. The number of hydrogen-bond donors (Lipinski definition) is 0. The molecule has 66 valence electrons. The summed E-state index contributed by atoms with van der Waals surface area (Å²) in [7, 11) is 0. The van der Waals surface area contributed by atoms with Gasteiger partial charge in [0.25, 0.3) is 0 Å². The van der Waals surface area contributed by atoms with Gasteiger partial charge >= 0.3 is 0 Å². The van der Waals surface area contributed by atoms with E-state index in [4.69, 9.17) is 0 Å². The van der Waals surface area contributed by atoms with E-state index in [0.717, 1.165) is 0 Å². The predicted octanol–water partition coefficient (Wildman–Crippen LogP) is 4.03. The minimum atomic E-state index is 1.20. The molecule has 0 nitrogen and oxygen atoms in total. The second-order valence-corrected chi connectivity index (χ2v) is 2.67. The first kappa shape index (κ1) is 11.0. The maximum atomic E-state index is 3.78. The maximum absolute atomic E-state index is 3.78. The topological polar surface area (TPSA) is 0 Å². The summed E-state index contributed by atoms with van der Waals surface area (Å²) >= 11 is 0. The molecule has 0 unspecified atom stereocenters. The van der Waals surface area contributed by atoms with Crippen LogP contribution in [0.1, 0.15) is 25.7 Å². The second-order valence-electron chi connectivity index (χ2n) is 2.67. The summed E-state index contributed by atoms with van der Waals surface area (Å²) in [6, 6.07) is 0. The van der Waals surface area contributed by atoms with E-state index >= 15 is 0 Å². The summed E-state index contributed by atoms with van der Waals surface area (Å²) in [5.41, 5.74) is 2.81. The zero-order valence-corrected chi connectivity index (χ0v) is 7.81. The van der Waals surface area contributed by atoms with Crippen LogP contribution >= 0.6 is 0 Å². The van der Waals surface area contributed by atoms with Gasteiger partial charge in [-0.3, -0.25) is 0 Å². The molecule has 0 aromatic rings. The molecule has 0 N–H and O–H groups in total. The lowest BCUT2D eigenvalue weighted by Crippen LogP contribution is -1.94. The fourth-order valence-electron chi connectivity index (χ4n) is 1.42. The van der Waals surface area contributed by atoms with Crippen molar-refractivity contribution in [3.63, 3.8) is 0 Å². The molecule has 1 aliphatic carbocycles. The summed E-state index contributed by atoms with van der Waals surface area (Å²) in [6.07, 6.45) is 8.97. The summed E-state index contributed by atoms with van der Waals surface area (Å²) in [4.78, 5) is 0. The molecule has 0 heterocycles. The van der Waals surface area contributed by atoms with Gasteiger partial charge in [0.1, 0.15) is 0 Å². The first-order valence-corrected chi connectivity index (χ1v) is 4.35. The molecule has 0 fully saturated rings. The van der Waals surface area contributed by atoms with E-state index in [0.29, 0.717) is 0 Å². The molecule has 0 saturated carbocycles. The zero-order chi connectivity index (χ0) is 9.40. The third kappa shape index (κ3) is 2.91. The number of allylic oxidation sites excluding steroid dienone is 4. The minimum absolute atomic E-state index is 1.20. The van der Waals surface area contributed by atoms with E-state index in [-0.39, 0.29) is 0 Å². The molecule has 1 aliphatic rings. The smallest absolute Gasteiger partial charge is 0.0276 e. The maximum Gasteiger partial charge on any atom is -0.0276 e. The van der Waals surface area contributed by atoms with E-state index in [1.54, 1.807) is 0 Å². The quantitative estimate of drug-likeness (QED) is 0.538. The normalized spacial score (nSPS) is 16.0. The lowest BCUT2D eigenvalue weighted by molar-refractivity contribution is 0.694. The van der Waals surface area contributed by atoms with E-state index in [9.17, 15) is 0 Å². The molecule has 0 aliphatic heterocycles. The highest BCUT2D eigenvalue weighted by Crippen LogP contribution is 2.25. The molecule has 0 saturated heterocycles.